The van der Waals surface area contributed by atoms with Crippen LogP contribution < -0.4 is 0 Å². The molecule has 4 atom stereocenters. The van der Waals surface area contributed by atoms with E-state index < -0.39 is 5.97 Å². The SMILES string of the molecule is CCCC(C)N1C(C(=O)O)CC2CCCCC21. The van der Waals surface area contributed by atoms with Crippen LogP contribution in [0.1, 0.15) is 58.8 Å². The highest BCUT2D eigenvalue weighted by Crippen LogP contribution is 2.41. The summed E-state index contributed by atoms with van der Waals surface area (Å²) in [5, 5.41) is 9.41. The lowest BCUT2D eigenvalue weighted by Gasteiger charge is -2.37. The Morgan fingerprint density at radius 2 is 2.12 bits per heavy atom. The van der Waals surface area contributed by atoms with E-state index in [1.54, 1.807) is 0 Å². The van der Waals surface area contributed by atoms with Gasteiger partial charge in [0.1, 0.15) is 6.04 Å². The van der Waals surface area contributed by atoms with Gasteiger partial charge in [-0.15, -0.1) is 0 Å². The van der Waals surface area contributed by atoms with Gasteiger partial charge in [-0.2, -0.15) is 0 Å². The van der Waals surface area contributed by atoms with Gasteiger partial charge in [0.25, 0.3) is 0 Å². The van der Waals surface area contributed by atoms with Crippen molar-refractivity contribution in [3.8, 4) is 0 Å². The summed E-state index contributed by atoms with van der Waals surface area (Å²) < 4.78 is 0. The smallest absolute Gasteiger partial charge is 0.320 e. The third kappa shape index (κ3) is 2.49. The first-order valence-electron chi connectivity index (χ1n) is 7.15. The molecule has 0 aromatic rings. The first-order chi connectivity index (χ1) is 8.15. The van der Waals surface area contributed by atoms with Crippen molar-refractivity contribution in [3.05, 3.63) is 0 Å². The summed E-state index contributed by atoms with van der Waals surface area (Å²) >= 11 is 0. The van der Waals surface area contributed by atoms with Crippen LogP contribution in [0.3, 0.4) is 0 Å². The Morgan fingerprint density at radius 1 is 1.41 bits per heavy atom. The first kappa shape index (κ1) is 12.9. The van der Waals surface area contributed by atoms with Crippen LogP contribution in [0.25, 0.3) is 0 Å². The van der Waals surface area contributed by atoms with Crippen molar-refractivity contribution in [2.24, 2.45) is 5.92 Å². The summed E-state index contributed by atoms with van der Waals surface area (Å²) in [6.45, 7) is 4.39. The summed E-state index contributed by atoms with van der Waals surface area (Å²) in [6.07, 6.45) is 8.17. The number of carboxylic acid groups (broad SMARTS) is 1. The van der Waals surface area contributed by atoms with E-state index in [0.717, 1.165) is 19.3 Å². The zero-order valence-electron chi connectivity index (χ0n) is 11.1. The lowest BCUT2D eigenvalue weighted by molar-refractivity contribution is -0.143. The number of nitrogens with zero attached hydrogens (tertiary/aromatic N) is 1. The molecule has 1 saturated carbocycles. The van der Waals surface area contributed by atoms with E-state index >= 15 is 0 Å². The lowest BCUT2D eigenvalue weighted by atomic mass is 9.84. The second-order valence-corrected chi connectivity index (χ2v) is 5.79. The molecule has 2 aliphatic rings. The van der Waals surface area contributed by atoms with Crippen molar-refractivity contribution in [1.29, 1.82) is 0 Å². The summed E-state index contributed by atoms with van der Waals surface area (Å²) in [5.74, 6) is 0.0338. The maximum atomic E-state index is 11.4. The minimum atomic E-state index is -0.609. The van der Waals surface area contributed by atoms with E-state index in [0.29, 0.717) is 18.0 Å². The Labute approximate surface area is 104 Å². The van der Waals surface area contributed by atoms with Gasteiger partial charge in [-0.25, -0.2) is 0 Å². The van der Waals surface area contributed by atoms with Crippen molar-refractivity contribution < 1.29 is 9.90 Å². The molecule has 2 rings (SSSR count). The fraction of sp³-hybridized carbons (Fsp3) is 0.929. The van der Waals surface area contributed by atoms with Gasteiger partial charge in [-0.3, -0.25) is 9.69 Å². The van der Waals surface area contributed by atoms with Gasteiger partial charge < -0.3 is 5.11 Å². The van der Waals surface area contributed by atoms with Crippen LogP contribution in [0, 0.1) is 5.92 Å². The topological polar surface area (TPSA) is 40.5 Å². The molecule has 1 saturated heterocycles. The Kier molecular flexibility index (Phi) is 4.08. The monoisotopic (exact) mass is 239 g/mol. The summed E-state index contributed by atoms with van der Waals surface area (Å²) in [6, 6.07) is 0.755. The fourth-order valence-corrected chi connectivity index (χ4v) is 3.92. The van der Waals surface area contributed by atoms with Crippen LogP contribution in [0.4, 0.5) is 0 Å². The van der Waals surface area contributed by atoms with E-state index in [4.69, 9.17) is 0 Å². The third-order valence-electron chi connectivity index (χ3n) is 4.64. The lowest BCUT2D eigenvalue weighted by Crippen LogP contribution is -2.47. The number of likely N-dealkylation sites (tertiary alicyclic amines) is 1. The van der Waals surface area contributed by atoms with Crippen molar-refractivity contribution >= 4 is 5.97 Å². The molecule has 0 spiro atoms. The number of hydrogen-bond acceptors (Lipinski definition) is 2. The number of carboxylic acids is 1. The van der Waals surface area contributed by atoms with E-state index in [2.05, 4.69) is 18.7 Å². The van der Waals surface area contributed by atoms with Gasteiger partial charge in [0.05, 0.1) is 0 Å². The number of aliphatic carboxylic acids is 1. The molecule has 0 amide bonds. The molecule has 0 aromatic carbocycles. The van der Waals surface area contributed by atoms with Crippen LogP contribution in [0.5, 0.6) is 0 Å². The van der Waals surface area contributed by atoms with Crippen LogP contribution in [0.2, 0.25) is 0 Å². The summed E-state index contributed by atoms with van der Waals surface area (Å²) in [5.41, 5.74) is 0. The predicted molar refractivity (Wildman–Crippen MR) is 68.0 cm³/mol. The zero-order chi connectivity index (χ0) is 12.4. The minimum absolute atomic E-state index is 0.218. The molecule has 4 unspecified atom stereocenters. The maximum absolute atomic E-state index is 11.4. The highest BCUT2D eigenvalue weighted by Gasteiger charge is 2.46. The van der Waals surface area contributed by atoms with Crippen LogP contribution in [-0.2, 0) is 4.79 Å². The second-order valence-electron chi connectivity index (χ2n) is 5.79. The Morgan fingerprint density at radius 3 is 2.76 bits per heavy atom. The van der Waals surface area contributed by atoms with Crippen molar-refractivity contribution in [1.82, 2.24) is 4.90 Å². The number of carbonyl (C=O) groups is 1. The van der Waals surface area contributed by atoms with E-state index in [1.165, 1.54) is 25.7 Å². The van der Waals surface area contributed by atoms with Gasteiger partial charge >= 0.3 is 5.97 Å². The molecule has 1 heterocycles. The highest BCUT2D eigenvalue weighted by atomic mass is 16.4. The number of rotatable bonds is 4. The van der Waals surface area contributed by atoms with Crippen LogP contribution in [-0.4, -0.2) is 34.1 Å². The molecule has 17 heavy (non-hydrogen) atoms. The van der Waals surface area contributed by atoms with Gasteiger partial charge in [0, 0.05) is 12.1 Å². The number of fused-ring (bicyclic) bond motifs is 1. The Balaban J connectivity index is 2.14. The summed E-state index contributed by atoms with van der Waals surface area (Å²) in [4.78, 5) is 13.8. The molecule has 0 aromatic heterocycles. The molecule has 1 N–H and O–H groups in total. The number of hydrogen-bond donors (Lipinski definition) is 1. The van der Waals surface area contributed by atoms with Crippen molar-refractivity contribution in [3.63, 3.8) is 0 Å². The third-order valence-corrected chi connectivity index (χ3v) is 4.64. The minimum Gasteiger partial charge on any atom is -0.480 e. The van der Waals surface area contributed by atoms with Gasteiger partial charge in [-0.1, -0.05) is 26.2 Å². The Hall–Kier alpha value is -0.570. The normalized spacial score (nSPS) is 35.5. The molecule has 0 radical (unpaired) electrons. The van der Waals surface area contributed by atoms with Crippen molar-refractivity contribution in [2.75, 3.05) is 0 Å². The van der Waals surface area contributed by atoms with Gasteiger partial charge in [-0.05, 0) is 38.5 Å². The molecular weight excluding hydrogens is 214 g/mol. The predicted octanol–water partition coefficient (Wildman–Crippen LogP) is 2.89. The zero-order valence-corrected chi connectivity index (χ0v) is 11.1. The van der Waals surface area contributed by atoms with Crippen LogP contribution in [0.15, 0.2) is 0 Å². The van der Waals surface area contributed by atoms with Crippen molar-refractivity contribution in [2.45, 2.75) is 76.9 Å². The maximum Gasteiger partial charge on any atom is 0.320 e. The molecule has 0 bridgehead atoms. The largest absolute Gasteiger partial charge is 0.480 e. The summed E-state index contributed by atoms with van der Waals surface area (Å²) in [7, 11) is 0. The molecule has 2 fully saturated rings. The average molecular weight is 239 g/mol. The fourth-order valence-electron chi connectivity index (χ4n) is 3.92. The van der Waals surface area contributed by atoms with Gasteiger partial charge in [0.15, 0.2) is 0 Å². The van der Waals surface area contributed by atoms with Gasteiger partial charge in [0.2, 0.25) is 0 Å². The van der Waals surface area contributed by atoms with E-state index in [1.807, 2.05) is 0 Å². The quantitative estimate of drug-likeness (QED) is 0.820. The molecule has 3 nitrogen and oxygen atoms in total. The standard InChI is InChI=1S/C14H25NO2/c1-3-6-10(2)15-12-8-5-4-7-11(12)9-13(15)14(16)17/h10-13H,3-9H2,1-2H3,(H,16,17). The van der Waals surface area contributed by atoms with E-state index in [9.17, 15) is 9.90 Å². The molecule has 98 valence electrons. The molecular formula is C14H25NO2. The highest BCUT2D eigenvalue weighted by molar-refractivity contribution is 5.74. The molecule has 1 aliphatic carbocycles. The Bertz CT molecular complexity index is 279. The first-order valence-corrected chi connectivity index (χ1v) is 7.15. The second kappa shape index (κ2) is 5.38. The molecule has 3 heteroatoms. The van der Waals surface area contributed by atoms with Crippen LogP contribution >= 0.6 is 0 Å². The average Bonchev–Trinajstić information content (AvgIpc) is 2.68. The molecule has 1 aliphatic heterocycles. The van der Waals surface area contributed by atoms with E-state index in [-0.39, 0.29) is 6.04 Å².